The monoisotopic (exact) mass is 261 g/mol. The molecule has 0 aliphatic rings. The summed E-state index contributed by atoms with van der Waals surface area (Å²) in [4.78, 5) is 9.36. The van der Waals surface area contributed by atoms with Crippen LogP contribution in [0, 0.1) is 10.1 Å². The Balaban J connectivity index is 4.19. The maximum absolute atomic E-state index is 10.0. The Kier molecular flexibility index (Phi) is 3.04. The van der Waals surface area contributed by atoms with Crippen molar-refractivity contribution in [2.45, 2.75) is 16.4 Å². The van der Waals surface area contributed by atoms with E-state index in [-0.39, 0.29) is 0 Å². The van der Waals surface area contributed by atoms with Crippen LogP contribution in [0.15, 0.2) is 0 Å². The number of hydrogen-bond donors (Lipinski definition) is 1. The molecule has 0 aromatic heterocycles. The number of alkyl halides is 2. The summed E-state index contributed by atoms with van der Waals surface area (Å²) in [5.74, 6) is 0. The van der Waals surface area contributed by atoms with Crippen molar-refractivity contribution in [2.75, 3.05) is 0 Å². The molecule has 1 unspecified atom stereocenters. The Hall–Kier alpha value is 0.320. The van der Waals surface area contributed by atoms with Crippen molar-refractivity contribution < 1.29 is 10.0 Å². The topological polar surface area (TPSA) is 63.4 Å². The molecule has 0 aliphatic carbocycles. The molecule has 4 nitrogen and oxygen atoms in total. The standard InChI is InChI=1S/C3H5Br2NO3/c1-2(7)3(4,5)6(8)9/h2,7H,1H3. The first-order valence-electron chi connectivity index (χ1n) is 2.09. The van der Waals surface area contributed by atoms with Gasteiger partial charge in [-0.3, -0.25) is 10.1 Å². The minimum Gasteiger partial charge on any atom is -0.384 e. The summed E-state index contributed by atoms with van der Waals surface area (Å²) >= 11 is 5.36. The van der Waals surface area contributed by atoms with Gasteiger partial charge >= 0.3 is 3.36 Å². The molecule has 0 spiro atoms. The third kappa shape index (κ3) is 2.19. The Labute approximate surface area is 68.7 Å². The van der Waals surface area contributed by atoms with Crippen LogP contribution < -0.4 is 0 Å². The minimum atomic E-state index is -1.60. The number of rotatable bonds is 2. The number of nitrogens with zero attached hydrogens (tertiary/aromatic N) is 1. The molecule has 0 saturated heterocycles. The smallest absolute Gasteiger partial charge is 0.351 e. The second-order valence-electron chi connectivity index (χ2n) is 1.52. The third-order valence-electron chi connectivity index (χ3n) is 0.746. The molecule has 0 radical (unpaired) electrons. The highest BCUT2D eigenvalue weighted by Gasteiger charge is 2.41. The van der Waals surface area contributed by atoms with Crippen molar-refractivity contribution in [3.63, 3.8) is 0 Å². The van der Waals surface area contributed by atoms with E-state index < -0.39 is 14.4 Å². The lowest BCUT2D eigenvalue weighted by Crippen LogP contribution is -2.35. The van der Waals surface area contributed by atoms with Gasteiger partial charge in [0.15, 0.2) is 0 Å². The van der Waals surface area contributed by atoms with E-state index in [9.17, 15) is 10.1 Å². The molecule has 0 aromatic rings. The highest BCUT2D eigenvalue weighted by Crippen LogP contribution is 2.30. The molecule has 1 N–H and O–H groups in total. The largest absolute Gasteiger partial charge is 0.384 e. The van der Waals surface area contributed by atoms with Crippen molar-refractivity contribution in [2.24, 2.45) is 0 Å². The zero-order valence-electron chi connectivity index (χ0n) is 4.54. The van der Waals surface area contributed by atoms with Crippen molar-refractivity contribution >= 4 is 31.9 Å². The van der Waals surface area contributed by atoms with Gasteiger partial charge in [-0.05, 0) is 6.92 Å². The molecule has 6 heteroatoms. The van der Waals surface area contributed by atoms with Gasteiger partial charge in [-0.15, -0.1) is 0 Å². The lowest BCUT2D eigenvalue weighted by atomic mass is 10.4. The molecule has 0 heterocycles. The number of nitro groups is 1. The minimum absolute atomic E-state index is 0.655. The van der Waals surface area contributed by atoms with Gasteiger partial charge in [0.25, 0.3) is 0 Å². The van der Waals surface area contributed by atoms with E-state index in [1.54, 1.807) is 0 Å². The fourth-order valence-corrected chi connectivity index (χ4v) is 0.153. The second-order valence-corrected chi connectivity index (χ2v) is 5.00. The van der Waals surface area contributed by atoms with Gasteiger partial charge < -0.3 is 5.11 Å². The molecule has 0 aromatic carbocycles. The predicted molar refractivity (Wildman–Crippen MR) is 39.3 cm³/mol. The van der Waals surface area contributed by atoms with Gasteiger partial charge in [0, 0.05) is 31.9 Å². The van der Waals surface area contributed by atoms with Crippen molar-refractivity contribution in [1.29, 1.82) is 0 Å². The third-order valence-corrected chi connectivity index (χ3v) is 2.65. The molecule has 0 saturated carbocycles. The van der Waals surface area contributed by atoms with Crippen LogP contribution >= 0.6 is 31.9 Å². The first-order chi connectivity index (χ1) is 3.89. The predicted octanol–water partition coefficient (Wildman–Crippen LogP) is 1.09. The van der Waals surface area contributed by atoms with E-state index in [0.717, 1.165) is 0 Å². The summed E-state index contributed by atoms with van der Waals surface area (Å²) in [6.07, 6.45) is -1.08. The number of aliphatic hydroxyl groups excluding tert-OH is 1. The molecule has 0 aliphatic heterocycles. The van der Waals surface area contributed by atoms with Crippen molar-refractivity contribution in [1.82, 2.24) is 0 Å². The second kappa shape index (κ2) is 2.94. The zero-order valence-corrected chi connectivity index (χ0v) is 7.72. The van der Waals surface area contributed by atoms with E-state index in [1.807, 2.05) is 0 Å². The maximum Gasteiger partial charge on any atom is 0.351 e. The Bertz CT molecular complexity index is 124. The summed E-state index contributed by atoms with van der Waals surface area (Å²) in [6.45, 7) is 1.31. The molecule has 1 atom stereocenters. The first-order valence-corrected chi connectivity index (χ1v) is 3.68. The molecular formula is C3H5Br2NO3. The molecular weight excluding hydrogens is 258 g/mol. The lowest BCUT2D eigenvalue weighted by Gasteiger charge is -2.13. The van der Waals surface area contributed by atoms with Crippen LogP contribution in [0.4, 0.5) is 0 Å². The van der Waals surface area contributed by atoms with Crippen LogP contribution in [-0.2, 0) is 0 Å². The van der Waals surface area contributed by atoms with Crippen LogP contribution in [0.1, 0.15) is 6.92 Å². The van der Waals surface area contributed by atoms with Crippen molar-refractivity contribution in [3.05, 3.63) is 10.1 Å². The maximum atomic E-state index is 10.0. The van der Waals surface area contributed by atoms with E-state index in [4.69, 9.17) is 5.11 Å². The normalized spacial score (nSPS) is 15.1. The summed E-state index contributed by atoms with van der Waals surface area (Å²) < 4.78 is -1.60. The fraction of sp³-hybridized carbons (Fsp3) is 1.00. The van der Waals surface area contributed by atoms with E-state index >= 15 is 0 Å². The van der Waals surface area contributed by atoms with Crippen LogP contribution in [0.3, 0.4) is 0 Å². The SMILES string of the molecule is CC(O)C(Br)(Br)[N+](=O)[O-]. The number of aliphatic hydroxyl groups is 1. The Morgan fingerprint density at radius 1 is 1.78 bits per heavy atom. The van der Waals surface area contributed by atoms with E-state index in [1.165, 1.54) is 6.92 Å². The van der Waals surface area contributed by atoms with Gasteiger partial charge in [-0.2, -0.15) is 0 Å². The average molecular weight is 263 g/mol. The van der Waals surface area contributed by atoms with Gasteiger partial charge in [-0.1, -0.05) is 0 Å². The quantitative estimate of drug-likeness (QED) is 0.351. The number of hydrogen-bond acceptors (Lipinski definition) is 3. The Morgan fingerprint density at radius 2 is 2.11 bits per heavy atom. The molecule has 0 rings (SSSR count). The highest BCUT2D eigenvalue weighted by molar-refractivity contribution is 9.25. The van der Waals surface area contributed by atoms with E-state index in [0.29, 0.717) is 0 Å². The molecule has 54 valence electrons. The average Bonchev–Trinajstić information content (AvgIpc) is 1.65. The molecule has 0 fully saturated rings. The summed E-state index contributed by atoms with van der Waals surface area (Å²) in [7, 11) is 0. The van der Waals surface area contributed by atoms with Crippen LogP contribution in [0.2, 0.25) is 0 Å². The van der Waals surface area contributed by atoms with Crippen molar-refractivity contribution in [3.8, 4) is 0 Å². The number of halogens is 2. The molecule has 0 amide bonds. The van der Waals surface area contributed by atoms with Crippen LogP contribution in [0.25, 0.3) is 0 Å². The Morgan fingerprint density at radius 3 is 2.11 bits per heavy atom. The summed E-state index contributed by atoms with van der Waals surface area (Å²) in [6, 6.07) is 0. The summed E-state index contributed by atoms with van der Waals surface area (Å²) in [5.41, 5.74) is 0. The highest BCUT2D eigenvalue weighted by atomic mass is 79.9. The van der Waals surface area contributed by atoms with Gasteiger partial charge in [-0.25, -0.2) is 0 Å². The first kappa shape index (κ1) is 9.32. The van der Waals surface area contributed by atoms with Gasteiger partial charge in [0.2, 0.25) is 0 Å². The van der Waals surface area contributed by atoms with Gasteiger partial charge in [0.05, 0.1) is 4.92 Å². The lowest BCUT2D eigenvalue weighted by molar-refractivity contribution is -0.514. The fourth-order valence-electron chi connectivity index (χ4n) is 0.153. The van der Waals surface area contributed by atoms with Gasteiger partial charge in [0.1, 0.15) is 6.10 Å². The van der Waals surface area contributed by atoms with E-state index in [2.05, 4.69) is 31.9 Å². The van der Waals surface area contributed by atoms with Crippen LogP contribution in [0.5, 0.6) is 0 Å². The molecule has 0 bridgehead atoms. The zero-order chi connectivity index (χ0) is 7.65. The molecule has 9 heavy (non-hydrogen) atoms. The van der Waals surface area contributed by atoms with Crippen LogP contribution in [-0.4, -0.2) is 19.5 Å². The summed E-state index contributed by atoms with van der Waals surface area (Å²) in [5, 5.41) is 18.7.